The Morgan fingerprint density at radius 1 is 1.10 bits per heavy atom. The molecule has 3 rings (SSSR count). The number of alkyl halides is 3. The minimum atomic E-state index is -4.60. The summed E-state index contributed by atoms with van der Waals surface area (Å²) < 4.78 is 68.6. The summed E-state index contributed by atoms with van der Waals surface area (Å²) in [4.78, 5) is 14.1. The molecule has 1 saturated heterocycles. The first kappa shape index (κ1) is 23.1. The van der Waals surface area contributed by atoms with Crippen molar-refractivity contribution in [2.45, 2.75) is 31.3 Å². The second-order valence-corrected chi connectivity index (χ2v) is 9.22. The Morgan fingerprint density at radius 2 is 1.77 bits per heavy atom. The molecular weight excluding hydrogens is 435 g/mol. The quantitative estimate of drug-likeness (QED) is 0.765. The number of urea groups is 1. The zero-order valence-electron chi connectivity index (χ0n) is 17.4. The average Bonchev–Trinajstić information content (AvgIpc) is 2.86. The minimum absolute atomic E-state index is 0.0322. The van der Waals surface area contributed by atoms with Crippen LogP contribution in [0.5, 0.6) is 0 Å². The number of nitrogens with zero attached hydrogens (tertiary/aromatic N) is 4. The molecule has 0 spiro atoms. The molecule has 1 fully saturated rings. The monoisotopic (exact) mass is 459 g/mol. The smallest absolute Gasteiger partial charge is 0.323 e. The molecular formula is C19H24F3N5O3S. The highest BCUT2D eigenvalue weighted by Gasteiger charge is 2.35. The van der Waals surface area contributed by atoms with Crippen LogP contribution in [0.2, 0.25) is 0 Å². The van der Waals surface area contributed by atoms with Gasteiger partial charge in [-0.2, -0.15) is 22.6 Å². The van der Waals surface area contributed by atoms with Crippen molar-refractivity contribution in [3.8, 4) is 0 Å². The van der Waals surface area contributed by atoms with Crippen LogP contribution in [0, 0.1) is 13.8 Å². The predicted molar refractivity (Wildman–Crippen MR) is 108 cm³/mol. The molecule has 1 aliphatic heterocycles. The third-order valence-electron chi connectivity index (χ3n) is 5.26. The van der Waals surface area contributed by atoms with E-state index in [1.54, 1.807) is 20.9 Å². The van der Waals surface area contributed by atoms with Gasteiger partial charge in [0.05, 0.1) is 22.6 Å². The topological polar surface area (TPSA) is 87.5 Å². The fourth-order valence-electron chi connectivity index (χ4n) is 3.63. The number of hydrogen-bond donors (Lipinski definition) is 1. The number of aromatic nitrogens is 2. The summed E-state index contributed by atoms with van der Waals surface area (Å²) in [5.41, 5.74) is -0.372. The molecule has 0 saturated carbocycles. The number of para-hydroxylation sites is 1. The van der Waals surface area contributed by atoms with Gasteiger partial charge in [-0.25, -0.2) is 13.2 Å². The number of halogens is 3. The normalized spacial score (nSPS) is 16.3. The van der Waals surface area contributed by atoms with E-state index >= 15 is 0 Å². The van der Waals surface area contributed by atoms with E-state index in [1.165, 1.54) is 32.1 Å². The molecule has 0 atom stereocenters. The summed E-state index contributed by atoms with van der Waals surface area (Å²) in [7, 11) is -2.16. The molecule has 1 N–H and O–H groups in total. The first-order chi connectivity index (χ1) is 14.4. The number of sulfonamides is 1. The molecule has 2 heterocycles. The number of aryl methyl sites for hydroxylation is 2. The zero-order valence-corrected chi connectivity index (χ0v) is 18.2. The standard InChI is InChI=1S/C19H24F3N5O3S/c1-13-17(14(2)25(3)24-13)31(29,30)27-10-6-9-26(11-12-27)18(28)23-16-8-5-4-7-15(16)19(20,21)22/h4-5,7-8H,6,9-12H2,1-3H3,(H,23,28). The SMILES string of the molecule is Cc1nn(C)c(C)c1S(=O)(=O)N1CCCN(C(=O)Nc2ccccc2C(F)(F)F)CC1. The molecule has 1 aromatic carbocycles. The molecule has 8 nitrogen and oxygen atoms in total. The number of carbonyl (C=O) groups excluding carboxylic acids is 1. The van der Waals surface area contributed by atoms with Crippen LogP contribution < -0.4 is 5.32 Å². The number of anilines is 1. The van der Waals surface area contributed by atoms with Crippen molar-refractivity contribution in [3.05, 3.63) is 41.2 Å². The van der Waals surface area contributed by atoms with Crippen LogP contribution in [-0.4, -0.2) is 59.6 Å². The lowest BCUT2D eigenvalue weighted by molar-refractivity contribution is -0.136. The summed E-state index contributed by atoms with van der Waals surface area (Å²) in [6.07, 6.45) is -4.25. The van der Waals surface area contributed by atoms with Crippen molar-refractivity contribution in [1.82, 2.24) is 19.0 Å². The summed E-state index contributed by atoms with van der Waals surface area (Å²) >= 11 is 0. The van der Waals surface area contributed by atoms with Gasteiger partial charge in [0.25, 0.3) is 0 Å². The highest BCUT2D eigenvalue weighted by Crippen LogP contribution is 2.34. The van der Waals surface area contributed by atoms with Crippen LogP contribution in [0.4, 0.5) is 23.7 Å². The molecule has 2 amide bonds. The van der Waals surface area contributed by atoms with Crippen LogP contribution >= 0.6 is 0 Å². The van der Waals surface area contributed by atoms with E-state index in [2.05, 4.69) is 10.4 Å². The Hall–Kier alpha value is -2.60. The van der Waals surface area contributed by atoms with Gasteiger partial charge in [-0.3, -0.25) is 4.68 Å². The predicted octanol–water partition coefficient (Wildman–Crippen LogP) is 2.98. The zero-order chi connectivity index (χ0) is 23.0. The second kappa shape index (κ2) is 8.50. The van der Waals surface area contributed by atoms with Gasteiger partial charge in [0.2, 0.25) is 10.0 Å². The van der Waals surface area contributed by atoms with Gasteiger partial charge in [-0.05, 0) is 32.4 Å². The second-order valence-electron chi connectivity index (χ2n) is 7.34. The molecule has 170 valence electrons. The molecule has 1 aromatic heterocycles. The van der Waals surface area contributed by atoms with E-state index in [0.717, 1.165) is 6.07 Å². The van der Waals surface area contributed by atoms with Gasteiger partial charge in [0, 0.05) is 33.2 Å². The molecule has 1 aliphatic rings. The fourth-order valence-corrected chi connectivity index (χ4v) is 5.50. The van der Waals surface area contributed by atoms with Crippen molar-refractivity contribution >= 4 is 21.7 Å². The lowest BCUT2D eigenvalue weighted by atomic mass is 10.1. The van der Waals surface area contributed by atoms with Gasteiger partial charge < -0.3 is 10.2 Å². The lowest BCUT2D eigenvalue weighted by Crippen LogP contribution is -2.39. The first-order valence-electron chi connectivity index (χ1n) is 9.65. The van der Waals surface area contributed by atoms with Gasteiger partial charge in [-0.1, -0.05) is 12.1 Å². The van der Waals surface area contributed by atoms with E-state index in [9.17, 15) is 26.4 Å². The Bertz CT molecular complexity index is 1080. The Balaban J connectivity index is 1.74. The summed E-state index contributed by atoms with van der Waals surface area (Å²) in [6.45, 7) is 3.79. The van der Waals surface area contributed by atoms with Crippen LogP contribution in [0.15, 0.2) is 29.2 Å². The maximum absolute atomic E-state index is 13.2. The number of rotatable bonds is 3. The lowest BCUT2D eigenvalue weighted by Gasteiger charge is -2.23. The molecule has 0 radical (unpaired) electrons. The first-order valence-corrected chi connectivity index (χ1v) is 11.1. The van der Waals surface area contributed by atoms with Gasteiger partial charge >= 0.3 is 12.2 Å². The van der Waals surface area contributed by atoms with Crippen molar-refractivity contribution < 1.29 is 26.4 Å². The van der Waals surface area contributed by atoms with E-state index in [1.807, 2.05) is 0 Å². The van der Waals surface area contributed by atoms with Crippen molar-refractivity contribution in [2.75, 3.05) is 31.5 Å². The Kier molecular flexibility index (Phi) is 6.33. The molecule has 2 aromatic rings. The van der Waals surface area contributed by atoms with Crippen LogP contribution in [0.1, 0.15) is 23.4 Å². The van der Waals surface area contributed by atoms with Crippen LogP contribution in [0.3, 0.4) is 0 Å². The van der Waals surface area contributed by atoms with Crippen molar-refractivity contribution in [2.24, 2.45) is 7.05 Å². The molecule has 0 aliphatic carbocycles. The third kappa shape index (κ3) is 4.69. The number of nitrogens with one attached hydrogen (secondary N) is 1. The number of hydrogen-bond acceptors (Lipinski definition) is 4. The highest BCUT2D eigenvalue weighted by atomic mass is 32.2. The van der Waals surface area contributed by atoms with Gasteiger partial charge in [0.1, 0.15) is 4.90 Å². The number of amides is 2. The van der Waals surface area contributed by atoms with Crippen LogP contribution in [0.25, 0.3) is 0 Å². The summed E-state index contributed by atoms with van der Waals surface area (Å²) in [5.74, 6) is 0. The maximum atomic E-state index is 13.2. The fraction of sp³-hybridized carbons (Fsp3) is 0.474. The average molecular weight is 459 g/mol. The van der Waals surface area contributed by atoms with E-state index < -0.39 is 27.8 Å². The van der Waals surface area contributed by atoms with Crippen molar-refractivity contribution in [1.29, 1.82) is 0 Å². The Labute approximate surface area is 178 Å². The largest absolute Gasteiger partial charge is 0.418 e. The number of benzene rings is 1. The third-order valence-corrected chi connectivity index (χ3v) is 7.41. The maximum Gasteiger partial charge on any atom is 0.418 e. The van der Waals surface area contributed by atoms with Gasteiger partial charge in [0.15, 0.2) is 0 Å². The molecule has 0 unspecified atom stereocenters. The summed E-state index contributed by atoms with van der Waals surface area (Å²) in [6, 6.07) is 4.02. The summed E-state index contributed by atoms with van der Waals surface area (Å²) in [5, 5.41) is 6.46. The van der Waals surface area contributed by atoms with Crippen LogP contribution in [-0.2, 0) is 23.2 Å². The van der Waals surface area contributed by atoms with Crippen molar-refractivity contribution in [3.63, 3.8) is 0 Å². The van der Waals surface area contributed by atoms with E-state index in [4.69, 9.17) is 0 Å². The van der Waals surface area contributed by atoms with Gasteiger partial charge in [-0.15, -0.1) is 0 Å². The Morgan fingerprint density at radius 3 is 2.39 bits per heavy atom. The minimum Gasteiger partial charge on any atom is -0.323 e. The van der Waals surface area contributed by atoms with E-state index in [-0.39, 0.29) is 36.8 Å². The molecule has 31 heavy (non-hydrogen) atoms. The number of carbonyl (C=O) groups is 1. The molecule has 12 heteroatoms. The molecule has 0 bridgehead atoms. The highest BCUT2D eigenvalue weighted by molar-refractivity contribution is 7.89. The van der Waals surface area contributed by atoms with E-state index in [0.29, 0.717) is 17.8 Å².